The molecule has 0 aromatic heterocycles. The van der Waals surface area contributed by atoms with Crippen LogP contribution in [0, 0.1) is 5.92 Å². The number of sulfonamides is 1. The van der Waals surface area contributed by atoms with Crippen LogP contribution in [0.2, 0.25) is 0 Å². The quantitative estimate of drug-likeness (QED) is 0.775. The van der Waals surface area contributed by atoms with E-state index in [1.807, 2.05) is 0 Å². The Kier molecular flexibility index (Phi) is 4.29. The number of anilines is 2. The van der Waals surface area contributed by atoms with Crippen molar-refractivity contribution >= 4 is 27.3 Å². The molecule has 1 aromatic rings. The number of nitrogens with one attached hydrogen (secondary N) is 2. The standard InChI is InChI=1S/C13H19N3O3S/c1-20(18,19)16-12-6-4-11(5-7-12)15-13(17)9-2-3-10(14)8-9/h4-7,9-10,16H,2-3,8,14H2,1H3,(H,15,17). The number of amides is 1. The SMILES string of the molecule is CS(=O)(=O)Nc1ccc(NC(=O)C2CCC(N)C2)cc1. The number of carbonyl (C=O) groups excluding carboxylic acids is 1. The Hall–Kier alpha value is -1.60. The summed E-state index contributed by atoms with van der Waals surface area (Å²) in [6, 6.07) is 6.67. The Morgan fingerprint density at radius 1 is 1.20 bits per heavy atom. The molecular formula is C13H19N3O3S. The van der Waals surface area contributed by atoms with Crippen molar-refractivity contribution in [3.63, 3.8) is 0 Å². The summed E-state index contributed by atoms with van der Waals surface area (Å²) in [5.74, 6) is -0.0550. The molecule has 0 heterocycles. The fourth-order valence-electron chi connectivity index (χ4n) is 2.33. The van der Waals surface area contributed by atoms with E-state index in [0.29, 0.717) is 11.4 Å². The molecule has 7 heteroatoms. The van der Waals surface area contributed by atoms with Gasteiger partial charge in [0.1, 0.15) is 0 Å². The first kappa shape index (κ1) is 14.8. The Labute approximate surface area is 118 Å². The van der Waals surface area contributed by atoms with Crippen molar-refractivity contribution in [2.24, 2.45) is 11.7 Å². The van der Waals surface area contributed by atoms with Crippen LogP contribution in [0.1, 0.15) is 19.3 Å². The zero-order chi connectivity index (χ0) is 14.8. The van der Waals surface area contributed by atoms with Crippen LogP contribution in [0.15, 0.2) is 24.3 Å². The Morgan fingerprint density at radius 3 is 2.30 bits per heavy atom. The Balaban J connectivity index is 1.95. The predicted molar refractivity (Wildman–Crippen MR) is 78.9 cm³/mol. The monoisotopic (exact) mass is 297 g/mol. The summed E-state index contributed by atoms with van der Waals surface area (Å²) in [6.45, 7) is 0. The molecular weight excluding hydrogens is 278 g/mol. The van der Waals surface area contributed by atoms with E-state index in [1.165, 1.54) is 0 Å². The molecule has 2 unspecified atom stereocenters. The lowest BCUT2D eigenvalue weighted by Crippen LogP contribution is -2.23. The molecule has 1 fully saturated rings. The van der Waals surface area contributed by atoms with E-state index in [1.54, 1.807) is 24.3 Å². The third kappa shape index (κ3) is 4.21. The van der Waals surface area contributed by atoms with Gasteiger partial charge in [0.2, 0.25) is 15.9 Å². The molecule has 0 saturated heterocycles. The molecule has 1 aliphatic carbocycles. The summed E-state index contributed by atoms with van der Waals surface area (Å²) in [7, 11) is -3.28. The van der Waals surface area contributed by atoms with Gasteiger partial charge in [0.15, 0.2) is 0 Å². The summed E-state index contributed by atoms with van der Waals surface area (Å²) in [5.41, 5.74) is 6.90. The van der Waals surface area contributed by atoms with E-state index in [4.69, 9.17) is 5.73 Å². The lowest BCUT2D eigenvalue weighted by Gasteiger charge is -2.11. The summed E-state index contributed by atoms with van der Waals surface area (Å²) < 4.78 is 24.5. The van der Waals surface area contributed by atoms with E-state index < -0.39 is 10.0 Å². The molecule has 0 bridgehead atoms. The van der Waals surface area contributed by atoms with Crippen molar-refractivity contribution in [1.82, 2.24) is 0 Å². The maximum absolute atomic E-state index is 12.0. The molecule has 110 valence electrons. The summed E-state index contributed by atoms with van der Waals surface area (Å²) in [5, 5.41) is 2.82. The maximum Gasteiger partial charge on any atom is 0.229 e. The van der Waals surface area contributed by atoms with Crippen LogP contribution >= 0.6 is 0 Å². The number of hydrogen-bond donors (Lipinski definition) is 3. The topological polar surface area (TPSA) is 101 Å². The van der Waals surface area contributed by atoms with Gasteiger partial charge in [-0.05, 0) is 43.5 Å². The first-order chi connectivity index (χ1) is 9.33. The molecule has 2 atom stereocenters. The molecule has 20 heavy (non-hydrogen) atoms. The van der Waals surface area contributed by atoms with Crippen molar-refractivity contribution in [3.8, 4) is 0 Å². The van der Waals surface area contributed by atoms with Crippen LogP contribution in [-0.4, -0.2) is 26.6 Å². The second kappa shape index (κ2) is 5.80. The molecule has 2 rings (SSSR count). The van der Waals surface area contributed by atoms with Gasteiger partial charge in [-0.15, -0.1) is 0 Å². The van der Waals surface area contributed by atoms with Crippen LogP contribution in [0.4, 0.5) is 11.4 Å². The van der Waals surface area contributed by atoms with Crippen molar-refractivity contribution in [2.45, 2.75) is 25.3 Å². The van der Waals surface area contributed by atoms with E-state index in [-0.39, 0.29) is 17.9 Å². The number of hydrogen-bond acceptors (Lipinski definition) is 4. The molecule has 1 amide bonds. The maximum atomic E-state index is 12.0. The van der Waals surface area contributed by atoms with E-state index >= 15 is 0 Å². The lowest BCUT2D eigenvalue weighted by atomic mass is 10.1. The third-order valence-corrected chi connectivity index (χ3v) is 3.91. The first-order valence-corrected chi connectivity index (χ1v) is 8.37. The number of carbonyl (C=O) groups is 1. The second-order valence-corrected chi connectivity index (χ2v) is 6.96. The lowest BCUT2D eigenvalue weighted by molar-refractivity contribution is -0.119. The minimum Gasteiger partial charge on any atom is -0.328 e. The van der Waals surface area contributed by atoms with Crippen molar-refractivity contribution in [1.29, 1.82) is 0 Å². The van der Waals surface area contributed by atoms with Crippen molar-refractivity contribution in [3.05, 3.63) is 24.3 Å². The zero-order valence-electron chi connectivity index (χ0n) is 11.3. The van der Waals surface area contributed by atoms with Crippen LogP contribution in [0.5, 0.6) is 0 Å². The largest absolute Gasteiger partial charge is 0.328 e. The first-order valence-electron chi connectivity index (χ1n) is 6.48. The Morgan fingerprint density at radius 2 is 1.80 bits per heavy atom. The molecule has 0 aliphatic heterocycles. The fraction of sp³-hybridized carbons (Fsp3) is 0.462. The van der Waals surface area contributed by atoms with Crippen LogP contribution in [0.3, 0.4) is 0 Å². The zero-order valence-corrected chi connectivity index (χ0v) is 12.1. The van der Waals surface area contributed by atoms with Gasteiger partial charge in [-0.3, -0.25) is 9.52 Å². The van der Waals surface area contributed by atoms with Crippen molar-refractivity contribution in [2.75, 3.05) is 16.3 Å². The number of benzene rings is 1. The van der Waals surface area contributed by atoms with Gasteiger partial charge >= 0.3 is 0 Å². The third-order valence-electron chi connectivity index (χ3n) is 3.30. The van der Waals surface area contributed by atoms with Gasteiger partial charge in [0.05, 0.1) is 6.26 Å². The highest BCUT2D eigenvalue weighted by atomic mass is 32.2. The van der Waals surface area contributed by atoms with Gasteiger partial charge < -0.3 is 11.1 Å². The number of nitrogens with two attached hydrogens (primary N) is 1. The van der Waals surface area contributed by atoms with E-state index in [2.05, 4.69) is 10.0 Å². The highest BCUT2D eigenvalue weighted by Gasteiger charge is 2.27. The van der Waals surface area contributed by atoms with Crippen molar-refractivity contribution < 1.29 is 13.2 Å². The normalized spacial score (nSPS) is 22.5. The van der Waals surface area contributed by atoms with Gasteiger partial charge in [-0.25, -0.2) is 8.42 Å². The highest BCUT2D eigenvalue weighted by molar-refractivity contribution is 7.92. The fourth-order valence-corrected chi connectivity index (χ4v) is 2.90. The molecule has 0 radical (unpaired) electrons. The molecule has 4 N–H and O–H groups in total. The average molecular weight is 297 g/mol. The smallest absolute Gasteiger partial charge is 0.229 e. The van der Waals surface area contributed by atoms with Crippen LogP contribution in [0.25, 0.3) is 0 Å². The molecule has 1 aliphatic rings. The van der Waals surface area contributed by atoms with Gasteiger partial charge in [-0.2, -0.15) is 0 Å². The predicted octanol–water partition coefficient (Wildman–Crippen LogP) is 1.12. The van der Waals surface area contributed by atoms with E-state index in [0.717, 1.165) is 25.5 Å². The average Bonchev–Trinajstić information content (AvgIpc) is 2.77. The second-order valence-electron chi connectivity index (χ2n) is 5.21. The van der Waals surface area contributed by atoms with E-state index in [9.17, 15) is 13.2 Å². The van der Waals surface area contributed by atoms with Crippen LogP contribution < -0.4 is 15.8 Å². The highest BCUT2D eigenvalue weighted by Crippen LogP contribution is 2.25. The number of rotatable bonds is 4. The molecule has 6 nitrogen and oxygen atoms in total. The molecule has 1 aromatic carbocycles. The van der Waals surface area contributed by atoms with Crippen LogP contribution in [-0.2, 0) is 14.8 Å². The summed E-state index contributed by atoms with van der Waals surface area (Å²) in [6.07, 6.45) is 3.52. The van der Waals surface area contributed by atoms with Gasteiger partial charge in [-0.1, -0.05) is 0 Å². The molecule has 0 spiro atoms. The Bertz CT molecular complexity index is 583. The van der Waals surface area contributed by atoms with Gasteiger partial charge in [0.25, 0.3) is 0 Å². The minimum atomic E-state index is -3.28. The summed E-state index contributed by atoms with van der Waals surface area (Å²) >= 11 is 0. The molecule has 1 saturated carbocycles. The minimum absolute atomic E-state index is 0.0261. The van der Waals surface area contributed by atoms with Gasteiger partial charge in [0, 0.05) is 23.3 Å². The summed E-state index contributed by atoms with van der Waals surface area (Å²) in [4.78, 5) is 12.0.